The van der Waals surface area contributed by atoms with E-state index in [1.807, 2.05) is 0 Å². The van der Waals surface area contributed by atoms with Crippen molar-refractivity contribution in [2.75, 3.05) is 7.11 Å². The van der Waals surface area contributed by atoms with Gasteiger partial charge in [-0.05, 0) is 6.42 Å². The quantitative estimate of drug-likeness (QED) is 0.498. The largest absolute Gasteiger partial charge is 0.469 e. The summed E-state index contributed by atoms with van der Waals surface area (Å²) in [7, 11) is 1.30. The monoisotopic (exact) mass is 188 g/mol. The molecule has 2 rings (SSSR count). The summed E-state index contributed by atoms with van der Waals surface area (Å²) in [4.78, 5) is 11.2. The van der Waals surface area contributed by atoms with E-state index in [2.05, 4.69) is 4.74 Å². The summed E-state index contributed by atoms with van der Waals surface area (Å²) in [5.41, 5.74) is 0. The zero-order chi connectivity index (χ0) is 9.59. The molecule has 74 valence electrons. The van der Waals surface area contributed by atoms with Gasteiger partial charge in [0.15, 0.2) is 0 Å². The number of ether oxygens (including phenoxy) is 2. The highest BCUT2D eigenvalue weighted by atomic mass is 16.6. The van der Waals surface area contributed by atoms with Crippen LogP contribution in [0.5, 0.6) is 0 Å². The van der Waals surface area contributed by atoms with E-state index < -0.39 is 30.3 Å². The van der Waals surface area contributed by atoms with Crippen LogP contribution in [0.3, 0.4) is 0 Å². The Bertz CT molecular complexity index is 227. The summed E-state index contributed by atoms with van der Waals surface area (Å²) in [6.45, 7) is 0. The number of carbonyl (C=O) groups excluding carboxylic acids is 1. The molecule has 2 saturated heterocycles. The second-order valence-corrected chi connectivity index (χ2v) is 3.49. The van der Waals surface area contributed by atoms with Gasteiger partial charge in [-0.2, -0.15) is 0 Å². The van der Waals surface area contributed by atoms with Crippen molar-refractivity contribution < 1.29 is 24.5 Å². The molecule has 0 radical (unpaired) electrons. The van der Waals surface area contributed by atoms with E-state index in [4.69, 9.17) is 4.74 Å². The van der Waals surface area contributed by atoms with Gasteiger partial charge in [0.25, 0.3) is 0 Å². The van der Waals surface area contributed by atoms with Crippen LogP contribution < -0.4 is 0 Å². The van der Waals surface area contributed by atoms with E-state index >= 15 is 0 Å². The van der Waals surface area contributed by atoms with Gasteiger partial charge in [0, 0.05) is 0 Å². The first-order valence-corrected chi connectivity index (χ1v) is 4.24. The van der Waals surface area contributed by atoms with Gasteiger partial charge in [0.2, 0.25) is 0 Å². The summed E-state index contributed by atoms with van der Waals surface area (Å²) < 4.78 is 9.79. The lowest BCUT2D eigenvalue weighted by Gasteiger charge is -2.24. The van der Waals surface area contributed by atoms with Crippen molar-refractivity contribution in [2.45, 2.75) is 30.8 Å². The summed E-state index contributed by atoms with van der Waals surface area (Å²) >= 11 is 0. The van der Waals surface area contributed by atoms with Gasteiger partial charge in [0.1, 0.15) is 12.2 Å². The molecule has 5 atom stereocenters. The average Bonchev–Trinajstić information content (AvgIpc) is 2.67. The van der Waals surface area contributed by atoms with Crippen molar-refractivity contribution in [3.05, 3.63) is 0 Å². The van der Waals surface area contributed by atoms with E-state index in [0.717, 1.165) is 0 Å². The van der Waals surface area contributed by atoms with E-state index in [1.165, 1.54) is 7.11 Å². The molecule has 2 heterocycles. The van der Waals surface area contributed by atoms with Crippen LogP contribution in [0.25, 0.3) is 0 Å². The minimum absolute atomic E-state index is 0.376. The van der Waals surface area contributed by atoms with Crippen LogP contribution in [0.2, 0.25) is 0 Å². The van der Waals surface area contributed by atoms with E-state index in [9.17, 15) is 15.0 Å². The van der Waals surface area contributed by atoms with Crippen molar-refractivity contribution in [3.8, 4) is 0 Å². The highest BCUT2D eigenvalue weighted by Gasteiger charge is 2.55. The topological polar surface area (TPSA) is 76.0 Å². The van der Waals surface area contributed by atoms with Crippen molar-refractivity contribution >= 4 is 5.97 Å². The fraction of sp³-hybridized carbons (Fsp3) is 0.875. The van der Waals surface area contributed by atoms with Crippen LogP contribution in [-0.2, 0) is 14.3 Å². The number of aliphatic hydroxyl groups is 2. The molecule has 0 aromatic carbocycles. The molecule has 0 amide bonds. The molecule has 0 aromatic rings. The number of aliphatic hydroxyl groups excluding tert-OH is 2. The van der Waals surface area contributed by atoms with Crippen LogP contribution in [0, 0.1) is 5.92 Å². The summed E-state index contributed by atoms with van der Waals surface area (Å²) in [6, 6.07) is 0. The molecule has 0 unspecified atom stereocenters. The maximum atomic E-state index is 11.2. The molecule has 2 aliphatic heterocycles. The molecule has 0 aliphatic carbocycles. The first-order valence-electron chi connectivity index (χ1n) is 4.24. The Kier molecular flexibility index (Phi) is 2.02. The number of hydrogen-bond acceptors (Lipinski definition) is 5. The normalized spacial score (nSPS) is 48.1. The van der Waals surface area contributed by atoms with Crippen LogP contribution >= 0.6 is 0 Å². The van der Waals surface area contributed by atoms with Gasteiger partial charge < -0.3 is 19.7 Å². The number of esters is 1. The van der Waals surface area contributed by atoms with Crippen molar-refractivity contribution in [3.63, 3.8) is 0 Å². The Morgan fingerprint density at radius 3 is 2.62 bits per heavy atom. The lowest BCUT2D eigenvalue weighted by molar-refractivity contribution is -0.149. The smallest absolute Gasteiger partial charge is 0.311 e. The first-order chi connectivity index (χ1) is 6.15. The lowest BCUT2D eigenvalue weighted by atomic mass is 9.85. The molecule has 13 heavy (non-hydrogen) atoms. The Morgan fingerprint density at radius 2 is 2.15 bits per heavy atom. The standard InChI is InChI=1S/C8H12O5/c1-12-8(11)3-2-4-5(9)6(10)7(3)13-4/h3-7,9-10H,2H2,1H3/t3-,4+,5+,6+,7-/m0/s1. The molecule has 0 saturated carbocycles. The third-order valence-electron chi connectivity index (χ3n) is 2.79. The predicted molar refractivity (Wildman–Crippen MR) is 40.8 cm³/mol. The highest BCUT2D eigenvalue weighted by molar-refractivity contribution is 5.73. The molecule has 2 aliphatic rings. The van der Waals surface area contributed by atoms with Crippen LogP contribution in [0.4, 0.5) is 0 Å². The second kappa shape index (κ2) is 2.94. The second-order valence-electron chi connectivity index (χ2n) is 3.49. The lowest BCUT2D eigenvalue weighted by Crippen LogP contribution is -2.44. The maximum Gasteiger partial charge on any atom is 0.311 e. The van der Waals surface area contributed by atoms with Crippen LogP contribution in [-0.4, -0.2) is 47.7 Å². The molecular weight excluding hydrogens is 176 g/mol. The molecule has 0 spiro atoms. The van der Waals surface area contributed by atoms with E-state index in [0.29, 0.717) is 6.42 Å². The molecular formula is C8H12O5. The predicted octanol–water partition coefficient (Wildman–Crippen LogP) is -1.33. The van der Waals surface area contributed by atoms with Gasteiger partial charge in [-0.1, -0.05) is 0 Å². The molecule has 2 bridgehead atoms. The van der Waals surface area contributed by atoms with Gasteiger partial charge >= 0.3 is 5.97 Å². The molecule has 0 aromatic heterocycles. The fourth-order valence-electron chi connectivity index (χ4n) is 2.07. The SMILES string of the molecule is COC(=O)[C@H]1C[C@H]2O[C@@H]1[C@H](O)[C@@H]2O. The number of hydrogen-bond donors (Lipinski definition) is 2. The summed E-state index contributed by atoms with van der Waals surface area (Å²) in [5.74, 6) is -0.799. The van der Waals surface area contributed by atoms with Crippen LogP contribution in [0.1, 0.15) is 6.42 Å². The third-order valence-corrected chi connectivity index (χ3v) is 2.79. The highest BCUT2D eigenvalue weighted by Crippen LogP contribution is 2.39. The van der Waals surface area contributed by atoms with E-state index in [1.54, 1.807) is 0 Å². The van der Waals surface area contributed by atoms with E-state index in [-0.39, 0.29) is 5.97 Å². The van der Waals surface area contributed by atoms with Gasteiger partial charge in [-0.25, -0.2) is 0 Å². The molecule has 2 fully saturated rings. The minimum atomic E-state index is -0.956. The van der Waals surface area contributed by atoms with Gasteiger partial charge in [-0.15, -0.1) is 0 Å². The Hall–Kier alpha value is -0.650. The zero-order valence-corrected chi connectivity index (χ0v) is 7.21. The zero-order valence-electron chi connectivity index (χ0n) is 7.21. The number of fused-ring (bicyclic) bond motifs is 2. The number of carbonyl (C=O) groups is 1. The van der Waals surface area contributed by atoms with Crippen molar-refractivity contribution in [1.82, 2.24) is 0 Å². The summed E-state index contributed by atoms with van der Waals surface area (Å²) in [5, 5.41) is 18.8. The Balaban J connectivity index is 2.10. The molecule has 2 N–H and O–H groups in total. The van der Waals surface area contributed by atoms with Crippen LogP contribution in [0.15, 0.2) is 0 Å². The fourth-order valence-corrected chi connectivity index (χ4v) is 2.07. The van der Waals surface area contributed by atoms with Gasteiger partial charge in [0.05, 0.1) is 25.2 Å². The molecule has 5 heteroatoms. The maximum absolute atomic E-state index is 11.2. The summed E-state index contributed by atoms with van der Waals surface area (Å²) in [6.07, 6.45) is -2.37. The first kappa shape index (κ1) is 8.93. The minimum Gasteiger partial charge on any atom is -0.469 e. The number of methoxy groups -OCH3 is 1. The molecule has 5 nitrogen and oxygen atoms in total. The van der Waals surface area contributed by atoms with Crippen molar-refractivity contribution in [2.24, 2.45) is 5.92 Å². The van der Waals surface area contributed by atoms with Crippen molar-refractivity contribution in [1.29, 1.82) is 0 Å². The Morgan fingerprint density at radius 1 is 1.46 bits per heavy atom. The average molecular weight is 188 g/mol. The Labute approximate surface area is 75.3 Å². The third kappa shape index (κ3) is 1.15. The number of rotatable bonds is 1. The van der Waals surface area contributed by atoms with Gasteiger partial charge in [-0.3, -0.25) is 4.79 Å².